The molecule has 0 fully saturated rings. The van der Waals surface area contributed by atoms with Crippen molar-refractivity contribution in [2.75, 3.05) is 12.4 Å². The van der Waals surface area contributed by atoms with Crippen LogP contribution in [0.3, 0.4) is 0 Å². The Balaban J connectivity index is 1.96. The van der Waals surface area contributed by atoms with Crippen LogP contribution in [-0.2, 0) is 15.5 Å². The minimum atomic E-state index is -5.68. The van der Waals surface area contributed by atoms with Crippen LogP contribution < -0.4 is 0 Å². The van der Waals surface area contributed by atoms with Gasteiger partial charge in [-0.2, -0.15) is 22.0 Å². The Kier molecular flexibility index (Phi) is 8.13. The number of halogens is 5. The van der Waals surface area contributed by atoms with E-state index in [0.29, 0.717) is 32.5 Å². The summed E-state index contributed by atoms with van der Waals surface area (Å²) in [6.45, 7) is 1.01. The molecule has 0 aliphatic carbocycles. The standard InChI is InChI=1S/C14H17F5O2S/c15-13(16,17)14(18,19)21-22-10-6-2-5-9-20-11-12-7-3-1-4-8-12/h1,3-4,7-8H,2,5-6,9-11H2. The summed E-state index contributed by atoms with van der Waals surface area (Å²) in [6, 6.07) is 9.61. The fourth-order valence-electron chi connectivity index (χ4n) is 1.47. The molecule has 0 spiro atoms. The Labute approximate surface area is 130 Å². The fourth-order valence-corrected chi connectivity index (χ4v) is 2.12. The van der Waals surface area contributed by atoms with Crippen molar-refractivity contribution in [2.45, 2.75) is 38.2 Å². The van der Waals surface area contributed by atoms with Gasteiger partial charge < -0.3 is 4.74 Å². The highest BCUT2D eigenvalue weighted by Gasteiger charge is 2.60. The maximum Gasteiger partial charge on any atom is 0.484 e. The highest BCUT2D eigenvalue weighted by Crippen LogP contribution is 2.39. The summed E-state index contributed by atoms with van der Waals surface area (Å²) in [5.74, 6) is 0.0738. The summed E-state index contributed by atoms with van der Waals surface area (Å²) in [6.07, 6.45) is -8.92. The molecule has 0 bridgehead atoms. The van der Waals surface area contributed by atoms with Crippen LogP contribution in [-0.4, -0.2) is 24.6 Å². The van der Waals surface area contributed by atoms with Gasteiger partial charge >= 0.3 is 12.3 Å². The molecule has 0 atom stereocenters. The minimum Gasteiger partial charge on any atom is -0.377 e. The van der Waals surface area contributed by atoms with Crippen LogP contribution in [0.15, 0.2) is 30.3 Å². The van der Waals surface area contributed by atoms with Crippen LogP contribution in [0.5, 0.6) is 0 Å². The van der Waals surface area contributed by atoms with E-state index in [4.69, 9.17) is 4.74 Å². The third-order valence-electron chi connectivity index (χ3n) is 2.62. The highest BCUT2D eigenvalue weighted by atomic mass is 32.2. The zero-order valence-corrected chi connectivity index (χ0v) is 12.6. The summed E-state index contributed by atoms with van der Waals surface area (Å²) in [5.41, 5.74) is 1.06. The quantitative estimate of drug-likeness (QED) is 0.330. The third kappa shape index (κ3) is 7.42. The molecule has 0 aliphatic heterocycles. The van der Waals surface area contributed by atoms with E-state index >= 15 is 0 Å². The molecule has 0 saturated heterocycles. The molecule has 8 heteroatoms. The van der Waals surface area contributed by atoms with Crippen LogP contribution in [0.4, 0.5) is 22.0 Å². The van der Waals surface area contributed by atoms with Gasteiger partial charge in [-0.15, -0.1) is 0 Å². The predicted octanol–water partition coefficient (Wildman–Crippen LogP) is 5.19. The van der Waals surface area contributed by atoms with E-state index in [9.17, 15) is 22.0 Å². The van der Waals surface area contributed by atoms with Crippen molar-refractivity contribution >= 4 is 12.0 Å². The smallest absolute Gasteiger partial charge is 0.377 e. The largest absolute Gasteiger partial charge is 0.484 e. The van der Waals surface area contributed by atoms with Gasteiger partial charge in [-0.3, -0.25) is 0 Å². The predicted molar refractivity (Wildman–Crippen MR) is 74.5 cm³/mol. The minimum absolute atomic E-state index is 0.0738. The van der Waals surface area contributed by atoms with Crippen LogP contribution in [0.1, 0.15) is 24.8 Å². The Morgan fingerprint density at radius 3 is 2.23 bits per heavy atom. The number of unbranched alkanes of at least 4 members (excludes halogenated alkanes) is 2. The molecule has 126 valence electrons. The zero-order chi connectivity index (χ0) is 16.5. The molecule has 2 nitrogen and oxygen atoms in total. The molecule has 1 rings (SSSR count). The van der Waals surface area contributed by atoms with Crippen molar-refractivity contribution in [2.24, 2.45) is 0 Å². The normalized spacial score (nSPS) is 12.6. The second-order valence-corrected chi connectivity index (χ2v) is 5.33. The van der Waals surface area contributed by atoms with Gasteiger partial charge in [-0.05, 0) is 30.4 Å². The molecule has 0 aliphatic rings. The van der Waals surface area contributed by atoms with Crippen LogP contribution in [0.2, 0.25) is 0 Å². The van der Waals surface area contributed by atoms with Gasteiger partial charge in [-0.1, -0.05) is 36.8 Å². The van der Waals surface area contributed by atoms with Crippen molar-refractivity contribution in [1.82, 2.24) is 0 Å². The molecule has 0 heterocycles. The maximum absolute atomic E-state index is 12.4. The molecular formula is C14H17F5O2S. The van der Waals surface area contributed by atoms with E-state index in [1.54, 1.807) is 0 Å². The molecule has 1 aromatic rings. The van der Waals surface area contributed by atoms with E-state index < -0.39 is 12.3 Å². The second-order valence-electron chi connectivity index (χ2n) is 4.52. The molecule has 0 N–H and O–H groups in total. The lowest BCUT2D eigenvalue weighted by Gasteiger charge is -2.17. The first-order chi connectivity index (χ1) is 10.3. The number of benzene rings is 1. The molecule has 0 unspecified atom stereocenters. The lowest BCUT2D eigenvalue weighted by Crippen LogP contribution is -2.37. The SMILES string of the molecule is FC(F)(F)C(F)(F)OSCCCCCOCc1ccccc1. The number of ether oxygens (including phenoxy) is 1. The van der Waals surface area contributed by atoms with Crippen LogP contribution in [0.25, 0.3) is 0 Å². The molecule has 0 amide bonds. The molecule has 0 saturated carbocycles. The summed E-state index contributed by atoms with van der Waals surface area (Å²) >= 11 is 0.137. The van der Waals surface area contributed by atoms with Crippen molar-refractivity contribution < 1.29 is 30.9 Å². The van der Waals surface area contributed by atoms with Crippen molar-refractivity contribution in [3.8, 4) is 0 Å². The lowest BCUT2D eigenvalue weighted by atomic mass is 10.2. The summed E-state index contributed by atoms with van der Waals surface area (Å²) in [4.78, 5) is 0. The third-order valence-corrected chi connectivity index (χ3v) is 3.40. The summed E-state index contributed by atoms with van der Waals surface area (Å²) in [5, 5.41) is 0. The van der Waals surface area contributed by atoms with Gasteiger partial charge in [0.2, 0.25) is 0 Å². The van der Waals surface area contributed by atoms with E-state index in [1.807, 2.05) is 30.3 Å². The van der Waals surface area contributed by atoms with E-state index in [0.717, 1.165) is 5.56 Å². The highest BCUT2D eigenvalue weighted by molar-refractivity contribution is 7.94. The van der Waals surface area contributed by atoms with Crippen LogP contribution >= 0.6 is 12.0 Å². The molecule has 0 aromatic heterocycles. The van der Waals surface area contributed by atoms with Gasteiger partial charge in [0.15, 0.2) is 0 Å². The maximum atomic E-state index is 12.4. The Hall–Kier alpha value is -0.860. The molecule has 1 aromatic carbocycles. The average molecular weight is 344 g/mol. The van der Waals surface area contributed by atoms with E-state index in [2.05, 4.69) is 4.18 Å². The van der Waals surface area contributed by atoms with E-state index in [-0.39, 0.29) is 17.8 Å². The van der Waals surface area contributed by atoms with Gasteiger partial charge in [0.05, 0.1) is 6.61 Å². The average Bonchev–Trinajstić information content (AvgIpc) is 2.45. The first kappa shape index (κ1) is 19.2. The number of rotatable bonds is 10. The first-order valence-corrected chi connectivity index (χ1v) is 7.61. The first-order valence-electron chi connectivity index (χ1n) is 6.70. The second kappa shape index (κ2) is 9.32. The number of hydrogen-bond acceptors (Lipinski definition) is 3. The van der Waals surface area contributed by atoms with Gasteiger partial charge in [0.25, 0.3) is 0 Å². The van der Waals surface area contributed by atoms with Gasteiger partial charge in [0, 0.05) is 12.4 Å². The Morgan fingerprint density at radius 2 is 1.59 bits per heavy atom. The molecular weight excluding hydrogens is 327 g/mol. The summed E-state index contributed by atoms with van der Waals surface area (Å²) in [7, 11) is 0. The van der Waals surface area contributed by atoms with Gasteiger partial charge in [-0.25, -0.2) is 4.18 Å². The molecule has 22 heavy (non-hydrogen) atoms. The van der Waals surface area contributed by atoms with Gasteiger partial charge in [0.1, 0.15) is 0 Å². The van der Waals surface area contributed by atoms with Crippen molar-refractivity contribution in [3.63, 3.8) is 0 Å². The fraction of sp³-hybridized carbons (Fsp3) is 0.571. The van der Waals surface area contributed by atoms with Crippen molar-refractivity contribution in [1.29, 1.82) is 0 Å². The Bertz CT molecular complexity index is 411. The molecule has 0 radical (unpaired) electrons. The number of hydrogen-bond donors (Lipinski definition) is 0. The topological polar surface area (TPSA) is 18.5 Å². The summed E-state index contributed by atoms with van der Waals surface area (Å²) < 4.78 is 69.0. The zero-order valence-electron chi connectivity index (χ0n) is 11.7. The Morgan fingerprint density at radius 1 is 0.909 bits per heavy atom. The van der Waals surface area contributed by atoms with Crippen molar-refractivity contribution in [3.05, 3.63) is 35.9 Å². The van der Waals surface area contributed by atoms with E-state index in [1.165, 1.54) is 0 Å². The number of alkyl halides is 5. The monoisotopic (exact) mass is 344 g/mol. The lowest BCUT2D eigenvalue weighted by molar-refractivity contribution is -0.356. The van der Waals surface area contributed by atoms with Crippen LogP contribution in [0, 0.1) is 0 Å².